The van der Waals surface area contributed by atoms with Crippen LogP contribution in [-0.4, -0.2) is 52.0 Å². The van der Waals surface area contributed by atoms with Gasteiger partial charge in [0.1, 0.15) is 11.4 Å². The van der Waals surface area contributed by atoms with Gasteiger partial charge in [-0.1, -0.05) is 6.07 Å². The Kier molecular flexibility index (Phi) is 5.28. The standard InChI is InChI=1S/C18H28N2O4/c1-13-5-6-14(11-15(13)21)19-12-18(23)7-9-20(10-8-18)16(22)24-17(2,3)4/h5-6,11,19,21,23H,7-10,12H2,1-4H3. The molecule has 1 heterocycles. The second-order valence-electron chi connectivity index (χ2n) is 7.55. The molecule has 1 aliphatic rings. The molecule has 0 atom stereocenters. The van der Waals surface area contributed by atoms with Gasteiger partial charge in [0.25, 0.3) is 0 Å². The van der Waals surface area contributed by atoms with Gasteiger partial charge in [-0.25, -0.2) is 4.79 Å². The number of hydrogen-bond donors (Lipinski definition) is 3. The molecular formula is C18H28N2O4. The van der Waals surface area contributed by atoms with E-state index in [0.29, 0.717) is 32.5 Å². The fourth-order valence-corrected chi connectivity index (χ4v) is 2.59. The van der Waals surface area contributed by atoms with Crippen molar-refractivity contribution in [3.05, 3.63) is 23.8 Å². The zero-order valence-corrected chi connectivity index (χ0v) is 14.9. The molecule has 1 aromatic carbocycles. The van der Waals surface area contributed by atoms with Crippen LogP contribution in [0.3, 0.4) is 0 Å². The number of amides is 1. The van der Waals surface area contributed by atoms with E-state index in [2.05, 4.69) is 5.32 Å². The van der Waals surface area contributed by atoms with Crippen LogP contribution in [0.5, 0.6) is 5.75 Å². The topological polar surface area (TPSA) is 82.0 Å². The lowest BCUT2D eigenvalue weighted by Gasteiger charge is -2.38. The number of carbonyl (C=O) groups excluding carboxylic acids is 1. The average Bonchev–Trinajstić information content (AvgIpc) is 2.47. The van der Waals surface area contributed by atoms with Gasteiger partial charge in [-0.15, -0.1) is 0 Å². The highest BCUT2D eigenvalue weighted by atomic mass is 16.6. The molecule has 6 nitrogen and oxygen atoms in total. The molecule has 134 valence electrons. The summed E-state index contributed by atoms with van der Waals surface area (Å²) in [5.74, 6) is 0.228. The van der Waals surface area contributed by atoms with Gasteiger partial charge in [0.2, 0.25) is 0 Å². The van der Waals surface area contributed by atoms with E-state index in [4.69, 9.17) is 4.74 Å². The molecule has 6 heteroatoms. The number of rotatable bonds is 3. The van der Waals surface area contributed by atoms with E-state index in [0.717, 1.165) is 11.3 Å². The van der Waals surface area contributed by atoms with Crippen LogP contribution in [0.2, 0.25) is 0 Å². The number of ether oxygens (including phenoxy) is 1. The first-order chi connectivity index (χ1) is 11.1. The molecule has 0 aliphatic carbocycles. The molecule has 3 N–H and O–H groups in total. The second-order valence-corrected chi connectivity index (χ2v) is 7.55. The van der Waals surface area contributed by atoms with Gasteiger partial charge in [0, 0.05) is 31.4 Å². The number of nitrogens with zero attached hydrogens (tertiary/aromatic N) is 1. The number of benzene rings is 1. The minimum Gasteiger partial charge on any atom is -0.508 e. The van der Waals surface area contributed by atoms with Gasteiger partial charge in [-0.05, 0) is 52.2 Å². The van der Waals surface area contributed by atoms with Crippen molar-refractivity contribution in [3.63, 3.8) is 0 Å². The summed E-state index contributed by atoms with van der Waals surface area (Å²) < 4.78 is 5.36. The average molecular weight is 336 g/mol. The number of phenolic OH excluding ortho intramolecular Hbond substituents is 1. The van der Waals surface area contributed by atoms with Crippen molar-refractivity contribution in [3.8, 4) is 5.75 Å². The fraction of sp³-hybridized carbons (Fsp3) is 0.611. The van der Waals surface area contributed by atoms with Crippen molar-refractivity contribution < 1.29 is 19.7 Å². The Morgan fingerprint density at radius 3 is 2.50 bits per heavy atom. The first kappa shape index (κ1) is 18.4. The first-order valence-electron chi connectivity index (χ1n) is 8.32. The Bertz CT molecular complexity index is 587. The molecule has 0 radical (unpaired) electrons. The Morgan fingerprint density at radius 2 is 1.96 bits per heavy atom. The smallest absolute Gasteiger partial charge is 0.410 e. The summed E-state index contributed by atoms with van der Waals surface area (Å²) in [7, 11) is 0. The number of carbonyl (C=O) groups is 1. The molecule has 24 heavy (non-hydrogen) atoms. The maximum atomic E-state index is 12.1. The molecule has 1 aliphatic heterocycles. The number of aromatic hydroxyl groups is 1. The monoisotopic (exact) mass is 336 g/mol. The van der Waals surface area contributed by atoms with Gasteiger partial charge >= 0.3 is 6.09 Å². The quantitative estimate of drug-likeness (QED) is 0.791. The highest BCUT2D eigenvalue weighted by Crippen LogP contribution is 2.26. The lowest BCUT2D eigenvalue weighted by atomic mass is 9.91. The summed E-state index contributed by atoms with van der Waals surface area (Å²) in [6.07, 6.45) is 0.634. The minimum atomic E-state index is -0.876. The third-order valence-corrected chi connectivity index (χ3v) is 4.18. The van der Waals surface area contributed by atoms with Crippen molar-refractivity contribution in [2.45, 2.75) is 51.7 Å². The summed E-state index contributed by atoms with van der Waals surface area (Å²) in [6, 6.07) is 5.34. The molecule has 0 spiro atoms. The first-order valence-corrected chi connectivity index (χ1v) is 8.32. The van der Waals surface area contributed by atoms with Crippen LogP contribution >= 0.6 is 0 Å². The highest BCUT2D eigenvalue weighted by molar-refractivity contribution is 5.68. The van der Waals surface area contributed by atoms with Crippen LogP contribution < -0.4 is 5.32 Å². The molecule has 0 aromatic heterocycles. The van der Waals surface area contributed by atoms with E-state index in [9.17, 15) is 15.0 Å². The van der Waals surface area contributed by atoms with Crippen LogP contribution in [0, 0.1) is 6.92 Å². The molecule has 2 rings (SSSR count). The summed E-state index contributed by atoms with van der Waals surface area (Å²) in [5.41, 5.74) is 0.185. The largest absolute Gasteiger partial charge is 0.508 e. The molecule has 1 fully saturated rings. The van der Waals surface area contributed by atoms with Crippen molar-refractivity contribution in [1.29, 1.82) is 0 Å². The zero-order chi connectivity index (χ0) is 18.0. The summed E-state index contributed by atoms with van der Waals surface area (Å²) in [6.45, 7) is 8.65. The van der Waals surface area contributed by atoms with Crippen LogP contribution in [-0.2, 0) is 4.74 Å². The van der Waals surface area contributed by atoms with Crippen LogP contribution in [0.25, 0.3) is 0 Å². The van der Waals surface area contributed by atoms with E-state index >= 15 is 0 Å². The van der Waals surface area contributed by atoms with E-state index in [-0.39, 0.29) is 11.8 Å². The van der Waals surface area contributed by atoms with E-state index in [1.54, 1.807) is 11.0 Å². The van der Waals surface area contributed by atoms with Crippen molar-refractivity contribution >= 4 is 11.8 Å². The van der Waals surface area contributed by atoms with Gasteiger partial charge in [0.15, 0.2) is 0 Å². The summed E-state index contributed by atoms with van der Waals surface area (Å²) in [5, 5.41) is 23.6. The number of aryl methyl sites for hydroxylation is 1. The number of piperidine rings is 1. The summed E-state index contributed by atoms with van der Waals surface area (Å²) >= 11 is 0. The number of hydrogen-bond acceptors (Lipinski definition) is 5. The van der Waals surface area contributed by atoms with Crippen molar-refractivity contribution in [1.82, 2.24) is 4.90 Å². The molecule has 1 saturated heterocycles. The lowest BCUT2D eigenvalue weighted by Crippen LogP contribution is -2.50. The Morgan fingerprint density at radius 1 is 1.33 bits per heavy atom. The molecule has 0 bridgehead atoms. The third-order valence-electron chi connectivity index (χ3n) is 4.18. The molecular weight excluding hydrogens is 308 g/mol. The normalized spacial score (nSPS) is 17.5. The SMILES string of the molecule is Cc1ccc(NCC2(O)CCN(C(=O)OC(C)(C)C)CC2)cc1O. The number of anilines is 1. The Hall–Kier alpha value is -1.95. The number of aliphatic hydroxyl groups is 1. The fourth-order valence-electron chi connectivity index (χ4n) is 2.59. The van der Waals surface area contributed by atoms with Crippen LogP contribution in [0.4, 0.5) is 10.5 Å². The van der Waals surface area contributed by atoms with Gasteiger partial charge in [0.05, 0.1) is 5.60 Å². The Balaban J connectivity index is 1.85. The van der Waals surface area contributed by atoms with Crippen LogP contribution in [0.15, 0.2) is 18.2 Å². The van der Waals surface area contributed by atoms with Gasteiger partial charge in [-0.2, -0.15) is 0 Å². The van der Waals surface area contributed by atoms with Crippen molar-refractivity contribution in [2.75, 3.05) is 25.0 Å². The van der Waals surface area contributed by atoms with Gasteiger partial charge < -0.3 is 25.2 Å². The highest BCUT2D eigenvalue weighted by Gasteiger charge is 2.35. The maximum absolute atomic E-state index is 12.1. The van der Waals surface area contributed by atoms with E-state index in [1.165, 1.54) is 0 Å². The predicted molar refractivity (Wildman–Crippen MR) is 93.3 cm³/mol. The molecule has 0 saturated carbocycles. The molecule has 1 aromatic rings. The molecule has 0 unspecified atom stereocenters. The van der Waals surface area contributed by atoms with Gasteiger partial charge in [-0.3, -0.25) is 0 Å². The number of likely N-dealkylation sites (tertiary alicyclic amines) is 1. The Labute approximate surface area is 143 Å². The minimum absolute atomic E-state index is 0.228. The van der Waals surface area contributed by atoms with E-state index in [1.807, 2.05) is 39.8 Å². The van der Waals surface area contributed by atoms with Crippen LogP contribution in [0.1, 0.15) is 39.2 Å². The number of nitrogens with one attached hydrogen (secondary N) is 1. The molecule has 1 amide bonds. The maximum Gasteiger partial charge on any atom is 0.410 e. The lowest BCUT2D eigenvalue weighted by molar-refractivity contribution is -0.0244. The predicted octanol–water partition coefficient (Wildman–Crippen LogP) is 2.87. The zero-order valence-electron chi connectivity index (χ0n) is 14.9. The summed E-state index contributed by atoms with van der Waals surface area (Å²) in [4.78, 5) is 13.7. The third kappa shape index (κ3) is 5.03. The second kappa shape index (κ2) is 6.89. The number of phenols is 1. The van der Waals surface area contributed by atoms with E-state index < -0.39 is 11.2 Å². The van der Waals surface area contributed by atoms with Crippen molar-refractivity contribution in [2.24, 2.45) is 0 Å².